The normalized spacial score (nSPS) is 11.2. The van der Waals surface area contributed by atoms with Gasteiger partial charge in [-0.15, -0.1) is 0 Å². The van der Waals surface area contributed by atoms with Gasteiger partial charge in [-0.1, -0.05) is 5.16 Å². The van der Waals surface area contributed by atoms with E-state index in [-0.39, 0.29) is 18.3 Å². The SMILES string of the molecule is CS(=O)(=O)N(Cc1noc(-c2ccoc2)n1)c1ccc(C#N)cc1. The second-order valence-corrected chi connectivity index (χ2v) is 6.86. The van der Waals surface area contributed by atoms with Crippen LogP contribution < -0.4 is 4.31 Å². The van der Waals surface area contributed by atoms with Crippen molar-refractivity contribution in [2.75, 3.05) is 10.6 Å². The lowest BCUT2D eigenvalue weighted by Crippen LogP contribution is -2.29. The molecule has 3 rings (SSSR count). The van der Waals surface area contributed by atoms with E-state index in [0.29, 0.717) is 16.8 Å². The fraction of sp³-hybridized carbons (Fsp3) is 0.133. The molecule has 1 aromatic carbocycles. The average Bonchev–Trinajstić information content (AvgIpc) is 3.23. The van der Waals surface area contributed by atoms with Crippen LogP contribution in [0.2, 0.25) is 0 Å². The zero-order valence-corrected chi connectivity index (χ0v) is 13.4. The lowest BCUT2D eigenvalue weighted by molar-refractivity contribution is 0.422. The summed E-state index contributed by atoms with van der Waals surface area (Å²) >= 11 is 0. The Morgan fingerprint density at radius 3 is 2.58 bits per heavy atom. The molecule has 0 aliphatic rings. The molecule has 0 unspecified atom stereocenters. The Balaban J connectivity index is 1.89. The Hall–Kier alpha value is -3.12. The lowest BCUT2D eigenvalue weighted by Gasteiger charge is -2.20. The second kappa shape index (κ2) is 6.17. The molecule has 0 fully saturated rings. The topological polar surface area (TPSA) is 113 Å². The van der Waals surface area contributed by atoms with Gasteiger partial charge in [0.15, 0.2) is 5.82 Å². The van der Waals surface area contributed by atoms with Gasteiger partial charge >= 0.3 is 0 Å². The summed E-state index contributed by atoms with van der Waals surface area (Å²) in [6.07, 6.45) is 4.01. The van der Waals surface area contributed by atoms with Crippen LogP contribution in [0, 0.1) is 11.3 Å². The van der Waals surface area contributed by atoms with Gasteiger partial charge in [-0.3, -0.25) is 4.31 Å². The quantitative estimate of drug-likeness (QED) is 0.697. The maximum atomic E-state index is 12.1. The number of hydrogen-bond donors (Lipinski definition) is 0. The van der Waals surface area contributed by atoms with Gasteiger partial charge in [0.05, 0.1) is 41.9 Å². The number of rotatable bonds is 5. The highest BCUT2D eigenvalue weighted by atomic mass is 32.2. The standard InChI is InChI=1S/C15H12N4O4S/c1-24(20,21)19(13-4-2-11(8-16)3-5-13)9-14-17-15(23-18-14)12-6-7-22-10-12/h2-7,10H,9H2,1H3. The van der Waals surface area contributed by atoms with Gasteiger partial charge in [-0.05, 0) is 30.3 Å². The Morgan fingerprint density at radius 1 is 1.25 bits per heavy atom. The molecule has 0 saturated carbocycles. The minimum atomic E-state index is -3.57. The Bertz CT molecular complexity index is 969. The molecule has 0 atom stereocenters. The number of hydrogen-bond acceptors (Lipinski definition) is 7. The first-order valence-electron chi connectivity index (χ1n) is 6.80. The first-order chi connectivity index (χ1) is 11.5. The molecule has 2 heterocycles. The summed E-state index contributed by atoms with van der Waals surface area (Å²) in [4.78, 5) is 4.17. The second-order valence-electron chi connectivity index (χ2n) is 4.96. The van der Waals surface area contributed by atoms with Crippen molar-refractivity contribution in [1.29, 1.82) is 5.26 Å². The monoisotopic (exact) mass is 344 g/mol. The minimum absolute atomic E-state index is 0.0912. The molecule has 0 aliphatic carbocycles. The first-order valence-corrected chi connectivity index (χ1v) is 8.65. The molecule has 0 aliphatic heterocycles. The number of nitrogens with zero attached hydrogens (tertiary/aromatic N) is 4. The summed E-state index contributed by atoms with van der Waals surface area (Å²) in [5.74, 6) is 0.452. The summed E-state index contributed by atoms with van der Waals surface area (Å²) in [7, 11) is -3.57. The zero-order valence-electron chi connectivity index (χ0n) is 12.6. The van der Waals surface area contributed by atoms with Gasteiger partial charge in [0.1, 0.15) is 6.26 Å². The van der Waals surface area contributed by atoms with Crippen molar-refractivity contribution in [3.05, 3.63) is 54.2 Å². The van der Waals surface area contributed by atoms with E-state index >= 15 is 0 Å². The highest BCUT2D eigenvalue weighted by Gasteiger charge is 2.21. The van der Waals surface area contributed by atoms with E-state index in [1.54, 1.807) is 30.3 Å². The highest BCUT2D eigenvalue weighted by Crippen LogP contribution is 2.22. The molecule has 0 amide bonds. The third kappa shape index (κ3) is 3.28. The van der Waals surface area contributed by atoms with Crippen molar-refractivity contribution in [2.45, 2.75) is 6.54 Å². The van der Waals surface area contributed by atoms with E-state index < -0.39 is 10.0 Å². The van der Waals surface area contributed by atoms with Gasteiger partial charge in [0.25, 0.3) is 5.89 Å². The van der Waals surface area contributed by atoms with Crippen molar-refractivity contribution in [2.24, 2.45) is 0 Å². The molecular weight excluding hydrogens is 332 g/mol. The fourth-order valence-electron chi connectivity index (χ4n) is 2.05. The number of anilines is 1. The van der Waals surface area contributed by atoms with Crippen LogP contribution in [0.25, 0.3) is 11.5 Å². The van der Waals surface area contributed by atoms with Gasteiger partial charge in [0, 0.05) is 0 Å². The van der Waals surface area contributed by atoms with E-state index in [9.17, 15) is 8.42 Å². The molecule has 2 aromatic heterocycles. The maximum Gasteiger partial charge on any atom is 0.261 e. The molecule has 24 heavy (non-hydrogen) atoms. The van der Waals surface area contributed by atoms with Crippen LogP contribution in [0.15, 0.2) is 51.8 Å². The smallest absolute Gasteiger partial charge is 0.261 e. The average molecular weight is 344 g/mol. The summed E-state index contributed by atoms with van der Waals surface area (Å²) < 4.78 is 35.4. The first kappa shape index (κ1) is 15.8. The van der Waals surface area contributed by atoms with Crippen LogP contribution in [0.5, 0.6) is 0 Å². The van der Waals surface area contributed by atoms with Crippen LogP contribution >= 0.6 is 0 Å². The molecule has 3 aromatic rings. The third-order valence-electron chi connectivity index (χ3n) is 3.21. The van der Waals surface area contributed by atoms with Crippen LogP contribution in [-0.2, 0) is 16.6 Å². The van der Waals surface area contributed by atoms with Crippen molar-refractivity contribution in [1.82, 2.24) is 10.1 Å². The zero-order chi connectivity index (χ0) is 17.2. The molecule has 122 valence electrons. The van der Waals surface area contributed by atoms with E-state index in [4.69, 9.17) is 14.2 Å². The van der Waals surface area contributed by atoms with E-state index in [0.717, 1.165) is 10.6 Å². The maximum absolute atomic E-state index is 12.1. The highest BCUT2D eigenvalue weighted by molar-refractivity contribution is 7.92. The van der Waals surface area contributed by atoms with Gasteiger partial charge in [0.2, 0.25) is 10.0 Å². The van der Waals surface area contributed by atoms with Crippen LogP contribution in [0.3, 0.4) is 0 Å². The number of aromatic nitrogens is 2. The Labute approximate surface area is 138 Å². The summed E-state index contributed by atoms with van der Waals surface area (Å²) in [5, 5.41) is 12.6. The summed E-state index contributed by atoms with van der Waals surface area (Å²) in [5.41, 5.74) is 1.46. The van der Waals surface area contributed by atoms with Gasteiger partial charge < -0.3 is 8.94 Å². The van der Waals surface area contributed by atoms with Crippen molar-refractivity contribution >= 4 is 15.7 Å². The molecule has 0 N–H and O–H groups in total. The third-order valence-corrected chi connectivity index (χ3v) is 4.35. The van der Waals surface area contributed by atoms with Crippen LogP contribution in [0.4, 0.5) is 5.69 Å². The molecular formula is C15H12N4O4S. The molecule has 0 saturated heterocycles. The number of furan rings is 1. The Morgan fingerprint density at radius 2 is 2.00 bits per heavy atom. The minimum Gasteiger partial charge on any atom is -0.472 e. The molecule has 0 spiro atoms. The van der Waals surface area contributed by atoms with Crippen molar-refractivity contribution < 1.29 is 17.4 Å². The van der Waals surface area contributed by atoms with Crippen LogP contribution in [-0.4, -0.2) is 24.8 Å². The summed E-state index contributed by atoms with van der Waals surface area (Å²) in [6.45, 7) is -0.0912. The largest absolute Gasteiger partial charge is 0.472 e. The van der Waals surface area contributed by atoms with Gasteiger partial charge in [-0.2, -0.15) is 10.2 Å². The van der Waals surface area contributed by atoms with Crippen molar-refractivity contribution in [3.8, 4) is 17.5 Å². The molecule has 0 bridgehead atoms. The fourth-order valence-corrected chi connectivity index (χ4v) is 2.91. The van der Waals surface area contributed by atoms with Gasteiger partial charge in [-0.25, -0.2) is 8.42 Å². The van der Waals surface area contributed by atoms with E-state index in [1.165, 1.54) is 12.5 Å². The predicted molar refractivity (Wildman–Crippen MR) is 84.2 cm³/mol. The molecule has 0 radical (unpaired) electrons. The number of sulfonamides is 1. The van der Waals surface area contributed by atoms with Crippen LogP contribution in [0.1, 0.15) is 11.4 Å². The lowest BCUT2D eigenvalue weighted by atomic mass is 10.2. The number of benzene rings is 1. The number of nitriles is 1. The predicted octanol–water partition coefficient (Wildman–Crippen LogP) is 2.17. The van der Waals surface area contributed by atoms with Crippen molar-refractivity contribution in [3.63, 3.8) is 0 Å². The Kier molecular flexibility index (Phi) is 4.05. The van der Waals surface area contributed by atoms with E-state index in [1.807, 2.05) is 6.07 Å². The molecule has 9 heteroatoms. The van der Waals surface area contributed by atoms with E-state index in [2.05, 4.69) is 10.1 Å². The molecule has 8 nitrogen and oxygen atoms in total. The summed E-state index contributed by atoms with van der Waals surface area (Å²) in [6, 6.07) is 9.83.